The van der Waals surface area contributed by atoms with Crippen molar-refractivity contribution >= 4 is 11.7 Å². The fourth-order valence-corrected chi connectivity index (χ4v) is 3.70. The number of carbonyl (C=O) groups is 1. The third-order valence-electron chi connectivity index (χ3n) is 5.01. The molecule has 0 spiro atoms. The number of anilines is 1. The molecule has 1 saturated carbocycles. The summed E-state index contributed by atoms with van der Waals surface area (Å²) in [6, 6.07) is 8.12. The van der Waals surface area contributed by atoms with Crippen molar-refractivity contribution in [1.82, 2.24) is 0 Å². The van der Waals surface area contributed by atoms with Gasteiger partial charge in [0.1, 0.15) is 0 Å². The quantitative estimate of drug-likeness (QED) is 0.907. The summed E-state index contributed by atoms with van der Waals surface area (Å²) >= 11 is 0. The maximum Gasteiger partial charge on any atom is 0.310 e. The first-order valence-corrected chi connectivity index (χ1v) is 8.39. The molecule has 22 heavy (non-hydrogen) atoms. The summed E-state index contributed by atoms with van der Waals surface area (Å²) in [7, 11) is 0. The van der Waals surface area contributed by atoms with E-state index in [1.54, 1.807) is 0 Å². The van der Waals surface area contributed by atoms with Crippen molar-refractivity contribution in [3.05, 3.63) is 29.8 Å². The van der Waals surface area contributed by atoms with Gasteiger partial charge in [0, 0.05) is 18.8 Å². The minimum absolute atomic E-state index is 0.359. The standard InChI is InChI=1S/C18H25NO3/c20-18(21)17(13-14-3-1-2-4-14)15-5-7-16(8-6-15)19-9-11-22-12-10-19/h5-8,14,17H,1-4,9-13H2,(H,20,21). The Morgan fingerprint density at radius 1 is 1.18 bits per heavy atom. The van der Waals surface area contributed by atoms with Crippen molar-refractivity contribution in [1.29, 1.82) is 0 Å². The molecule has 1 aliphatic heterocycles. The number of hydrogen-bond acceptors (Lipinski definition) is 3. The lowest BCUT2D eigenvalue weighted by molar-refractivity contribution is -0.139. The second-order valence-corrected chi connectivity index (χ2v) is 6.47. The van der Waals surface area contributed by atoms with Gasteiger partial charge < -0.3 is 14.7 Å². The van der Waals surface area contributed by atoms with Gasteiger partial charge in [0.15, 0.2) is 0 Å². The van der Waals surface area contributed by atoms with Gasteiger partial charge >= 0.3 is 5.97 Å². The predicted molar refractivity (Wildman–Crippen MR) is 86.4 cm³/mol. The minimum Gasteiger partial charge on any atom is -0.481 e. The molecule has 120 valence electrons. The lowest BCUT2D eigenvalue weighted by Crippen LogP contribution is -2.36. The zero-order valence-corrected chi connectivity index (χ0v) is 13.0. The van der Waals surface area contributed by atoms with Crippen LogP contribution in [0.5, 0.6) is 0 Å². The molecule has 0 amide bonds. The zero-order chi connectivity index (χ0) is 15.4. The number of hydrogen-bond donors (Lipinski definition) is 1. The van der Waals surface area contributed by atoms with Gasteiger partial charge in [-0.3, -0.25) is 4.79 Å². The molecule has 2 aliphatic rings. The molecule has 1 aliphatic carbocycles. The van der Waals surface area contributed by atoms with Gasteiger partial charge in [-0.05, 0) is 30.0 Å². The highest BCUT2D eigenvalue weighted by atomic mass is 16.5. The van der Waals surface area contributed by atoms with Crippen LogP contribution in [0.4, 0.5) is 5.69 Å². The SMILES string of the molecule is O=C(O)C(CC1CCCC1)c1ccc(N2CCOCC2)cc1. The van der Waals surface area contributed by atoms with Gasteiger partial charge in [0.05, 0.1) is 19.1 Å². The summed E-state index contributed by atoms with van der Waals surface area (Å²) in [6.45, 7) is 3.34. The Morgan fingerprint density at radius 3 is 2.41 bits per heavy atom. The van der Waals surface area contributed by atoms with Gasteiger partial charge in [0.25, 0.3) is 0 Å². The lowest BCUT2D eigenvalue weighted by atomic mass is 9.88. The topological polar surface area (TPSA) is 49.8 Å². The van der Waals surface area contributed by atoms with Crippen LogP contribution in [0.3, 0.4) is 0 Å². The van der Waals surface area contributed by atoms with Crippen LogP contribution in [-0.2, 0) is 9.53 Å². The van der Waals surface area contributed by atoms with Gasteiger partial charge in [-0.1, -0.05) is 37.8 Å². The first kappa shape index (κ1) is 15.3. The van der Waals surface area contributed by atoms with Crippen LogP contribution in [0, 0.1) is 5.92 Å². The Bertz CT molecular complexity index is 488. The monoisotopic (exact) mass is 303 g/mol. The smallest absolute Gasteiger partial charge is 0.310 e. The van der Waals surface area contributed by atoms with E-state index in [9.17, 15) is 9.90 Å². The third kappa shape index (κ3) is 3.61. The fourth-order valence-electron chi connectivity index (χ4n) is 3.70. The normalized spacial score (nSPS) is 21.0. The molecular weight excluding hydrogens is 278 g/mol. The number of aliphatic carboxylic acids is 1. The van der Waals surface area contributed by atoms with Crippen LogP contribution in [0.1, 0.15) is 43.6 Å². The average molecular weight is 303 g/mol. The van der Waals surface area contributed by atoms with Gasteiger partial charge in [-0.25, -0.2) is 0 Å². The lowest BCUT2D eigenvalue weighted by Gasteiger charge is -2.29. The molecule has 4 heteroatoms. The van der Waals surface area contributed by atoms with Gasteiger partial charge in [-0.15, -0.1) is 0 Å². The van der Waals surface area contributed by atoms with Crippen molar-refractivity contribution < 1.29 is 14.6 Å². The molecule has 1 N–H and O–H groups in total. The van der Waals surface area contributed by atoms with E-state index < -0.39 is 5.97 Å². The van der Waals surface area contributed by atoms with Crippen molar-refractivity contribution in [3.63, 3.8) is 0 Å². The minimum atomic E-state index is -0.689. The Labute approximate surface area is 132 Å². The first-order valence-electron chi connectivity index (χ1n) is 8.39. The molecule has 2 fully saturated rings. The Hall–Kier alpha value is -1.55. The van der Waals surface area contributed by atoms with E-state index in [0.717, 1.165) is 44.0 Å². The number of morpholine rings is 1. The highest BCUT2D eigenvalue weighted by molar-refractivity contribution is 5.76. The summed E-state index contributed by atoms with van der Waals surface area (Å²) in [5.41, 5.74) is 2.11. The summed E-state index contributed by atoms with van der Waals surface area (Å²) in [5, 5.41) is 9.58. The Morgan fingerprint density at radius 2 is 1.82 bits per heavy atom. The Kier molecular flexibility index (Phi) is 4.98. The maximum atomic E-state index is 11.6. The summed E-state index contributed by atoms with van der Waals surface area (Å²) < 4.78 is 5.37. The number of carboxylic acids is 1. The average Bonchev–Trinajstić information content (AvgIpc) is 3.07. The van der Waals surface area contributed by atoms with E-state index in [1.807, 2.05) is 12.1 Å². The Balaban J connectivity index is 1.69. The number of nitrogens with zero attached hydrogens (tertiary/aromatic N) is 1. The fraction of sp³-hybridized carbons (Fsp3) is 0.611. The van der Waals surface area contributed by atoms with Crippen LogP contribution in [0.15, 0.2) is 24.3 Å². The van der Waals surface area contributed by atoms with Crippen LogP contribution >= 0.6 is 0 Å². The van der Waals surface area contributed by atoms with Crippen molar-refractivity contribution in [2.75, 3.05) is 31.2 Å². The molecule has 3 rings (SSSR count). The molecule has 1 saturated heterocycles. The number of carboxylic acid groups (broad SMARTS) is 1. The second-order valence-electron chi connectivity index (χ2n) is 6.47. The highest BCUT2D eigenvalue weighted by Crippen LogP contribution is 2.34. The molecule has 1 unspecified atom stereocenters. The molecule has 0 radical (unpaired) electrons. The van der Waals surface area contributed by atoms with E-state index in [-0.39, 0.29) is 5.92 Å². The van der Waals surface area contributed by atoms with E-state index in [1.165, 1.54) is 25.7 Å². The molecule has 1 aromatic rings. The molecule has 0 aromatic heterocycles. The van der Waals surface area contributed by atoms with Crippen LogP contribution < -0.4 is 4.90 Å². The van der Waals surface area contributed by atoms with Crippen molar-refractivity contribution in [2.45, 2.75) is 38.0 Å². The molecule has 0 bridgehead atoms. The highest BCUT2D eigenvalue weighted by Gasteiger charge is 2.26. The molecule has 4 nitrogen and oxygen atoms in total. The largest absolute Gasteiger partial charge is 0.481 e. The van der Waals surface area contributed by atoms with Gasteiger partial charge in [0.2, 0.25) is 0 Å². The van der Waals surface area contributed by atoms with E-state index in [0.29, 0.717) is 5.92 Å². The first-order chi connectivity index (χ1) is 10.7. The second kappa shape index (κ2) is 7.14. The third-order valence-corrected chi connectivity index (χ3v) is 5.01. The number of benzene rings is 1. The van der Waals surface area contributed by atoms with E-state index in [2.05, 4.69) is 17.0 Å². The van der Waals surface area contributed by atoms with Gasteiger partial charge in [-0.2, -0.15) is 0 Å². The van der Waals surface area contributed by atoms with Crippen LogP contribution in [0.25, 0.3) is 0 Å². The molecule has 1 heterocycles. The summed E-state index contributed by atoms with van der Waals surface area (Å²) in [6.07, 6.45) is 5.68. The predicted octanol–water partition coefficient (Wildman–Crippen LogP) is 3.27. The number of rotatable bonds is 5. The number of ether oxygens (including phenoxy) is 1. The summed E-state index contributed by atoms with van der Waals surface area (Å²) in [5.74, 6) is -0.465. The summed E-state index contributed by atoms with van der Waals surface area (Å²) in [4.78, 5) is 13.9. The van der Waals surface area contributed by atoms with Crippen LogP contribution in [0.2, 0.25) is 0 Å². The molecule has 1 aromatic carbocycles. The van der Waals surface area contributed by atoms with Crippen molar-refractivity contribution in [2.24, 2.45) is 5.92 Å². The van der Waals surface area contributed by atoms with E-state index in [4.69, 9.17) is 4.74 Å². The zero-order valence-electron chi connectivity index (χ0n) is 13.0. The molecule has 1 atom stereocenters. The molecular formula is C18H25NO3. The van der Waals surface area contributed by atoms with Crippen LogP contribution in [-0.4, -0.2) is 37.4 Å². The van der Waals surface area contributed by atoms with E-state index >= 15 is 0 Å². The maximum absolute atomic E-state index is 11.6. The van der Waals surface area contributed by atoms with Crippen molar-refractivity contribution in [3.8, 4) is 0 Å².